The molecule has 2 aliphatic heterocycles. The second-order valence-electron chi connectivity index (χ2n) is 6.28. The van der Waals surface area contributed by atoms with Crippen molar-refractivity contribution in [1.29, 1.82) is 0 Å². The molecule has 0 saturated carbocycles. The Morgan fingerprint density at radius 3 is 2.71 bits per heavy atom. The van der Waals surface area contributed by atoms with Crippen LogP contribution in [0.2, 0.25) is 0 Å². The van der Waals surface area contributed by atoms with Crippen molar-refractivity contribution in [3.63, 3.8) is 0 Å². The number of anilines is 1. The number of nitrogens with zero attached hydrogens (tertiary/aromatic N) is 3. The van der Waals surface area contributed by atoms with Crippen LogP contribution in [0.25, 0.3) is 0 Å². The summed E-state index contributed by atoms with van der Waals surface area (Å²) < 4.78 is 13.0. The van der Waals surface area contributed by atoms with Gasteiger partial charge in [0.15, 0.2) is 17.6 Å². The fourth-order valence-corrected chi connectivity index (χ4v) is 3.23. The summed E-state index contributed by atoms with van der Waals surface area (Å²) in [5.74, 6) is 1.46. The molecule has 4 rings (SSSR count). The van der Waals surface area contributed by atoms with Gasteiger partial charge in [0.1, 0.15) is 6.61 Å². The molecular weight excluding hydrogens is 306 g/mol. The highest BCUT2D eigenvalue weighted by molar-refractivity contribution is 5.43. The zero-order valence-electron chi connectivity index (χ0n) is 13.6. The minimum atomic E-state index is -0.217. The first kappa shape index (κ1) is 15.1. The molecule has 1 aromatic carbocycles. The predicted molar refractivity (Wildman–Crippen MR) is 90.9 cm³/mol. The van der Waals surface area contributed by atoms with E-state index in [0.29, 0.717) is 18.9 Å². The average molecular weight is 327 g/mol. The molecule has 0 N–H and O–H groups in total. The fourth-order valence-electron chi connectivity index (χ4n) is 3.23. The number of ether oxygens (including phenoxy) is 2. The third kappa shape index (κ3) is 3.09. The maximum atomic E-state index is 12.4. The van der Waals surface area contributed by atoms with E-state index in [1.807, 2.05) is 24.3 Å². The Hall–Kier alpha value is -2.50. The van der Waals surface area contributed by atoms with Gasteiger partial charge in [-0.1, -0.05) is 12.1 Å². The topological polar surface area (TPSA) is 56.6 Å². The van der Waals surface area contributed by atoms with Gasteiger partial charge in [-0.25, -0.2) is 4.68 Å². The number of hydrogen-bond acceptors (Lipinski definition) is 5. The Kier molecular flexibility index (Phi) is 4.11. The third-order valence-electron chi connectivity index (χ3n) is 4.52. The van der Waals surface area contributed by atoms with Crippen LogP contribution in [-0.4, -0.2) is 35.6 Å². The van der Waals surface area contributed by atoms with Crippen LogP contribution >= 0.6 is 0 Å². The quantitative estimate of drug-likeness (QED) is 0.864. The molecular formula is C18H21N3O3. The molecule has 6 heteroatoms. The van der Waals surface area contributed by atoms with Crippen LogP contribution in [0, 0.1) is 0 Å². The van der Waals surface area contributed by atoms with Crippen LogP contribution in [0.5, 0.6) is 11.5 Å². The summed E-state index contributed by atoms with van der Waals surface area (Å²) in [5, 5.41) is 4.33. The third-order valence-corrected chi connectivity index (χ3v) is 4.52. The van der Waals surface area contributed by atoms with Gasteiger partial charge >= 0.3 is 0 Å². The Morgan fingerprint density at radius 2 is 1.92 bits per heavy atom. The minimum Gasteiger partial charge on any atom is -0.486 e. The lowest BCUT2D eigenvalue weighted by atomic mass is 10.1. The van der Waals surface area contributed by atoms with E-state index < -0.39 is 0 Å². The summed E-state index contributed by atoms with van der Waals surface area (Å²) in [6, 6.07) is 9.24. The van der Waals surface area contributed by atoms with E-state index >= 15 is 0 Å². The number of benzene rings is 1. The number of para-hydroxylation sites is 2. The summed E-state index contributed by atoms with van der Waals surface area (Å²) in [4.78, 5) is 14.6. The highest BCUT2D eigenvalue weighted by atomic mass is 16.6. The summed E-state index contributed by atoms with van der Waals surface area (Å²) in [6.45, 7) is 2.80. The van der Waals surface area contributed by atoms with Crippen LogP contribution in [-0.2, 0) is 6.54 Å². The van der Waals surface area contributed by atoms with Gasteiger partial charge in [-0.15, -0.1) is 0 Å². The van der Waals surface area contributed by atoms with Crippen molar-refractivity contribution in [3.8, 4) is 11.5 Å². The van der Waals surface area contributed by atoms with Crippen molar-refractivity contribution < 1.29 is 9.47 Å². The molecule has 1 atom stereocenters. The van der Waals surface area contributed by atoms with E-state index in [2.05, 4.69) is 10.00 Å². The van der Waals surface area contributed by atoms with Crippen molar-refractivity contribution in [1.82, 2.24) is 9.78 Å². The van der Waals surface area contributed by atoms with Crippen LogP contribution in [0.15, 0.2) is 41.3 Å². The molecule has 0 aliphatic carbocycles. The second-order valence-corrected chi connectivity index (χ2v) is 6.28. The summed E-state index contributed by atoms with van der Waals surface area (Å²) >= 11 is 0. The first-order chi connectivity index (χ1) is 11.8. The SMILES string of the molecule is O=c1cc(N2CCCCC2)cnn1CC1COc2ccccc2O1. The zero-order valence-corrected chi connectivity index (χ0v) is 13.6. The first-order valence-corrected chi connectivity index (χ1v) is 8.50. The summed E-state index contributed by atoms with van der Waals surface area (Å²) in [6.07, 6.45) is 5.18. The van der Waals surface area contributed by atoms with Crippen LogP contribution in [0.3, 0.4) is 0 Å². The molecule has 0 amide bonds. The van der Waals surface area contributed by atoms with Crippen molar-refractivity contribution in [3.05, 3.63) is 46.9 Å². The Balaban J connectivity index is 1.46. The lowest BCUT2D eigenvalue weighted by Crippen LogP contribution is -2.38. The summed E-state index contributed by atoms with van der Waals surface area (Å²) in [7, 11) is 0. The smallest absolute Gasteiger partial charge is 0.268 e. The molecule has 2 aliphatic rings. The number of fused-ring (bicyclic) bond motifs is 1. The normalized spacial score (nSPS) is 20.0. The molecule has 126 valence electrons. The molecule has 6 nitrogen and oxygen atoms in total. The Labute approximate surface area is 140 Å². The molecule has 1 fully saturated rings. The molecule has 0 bridgehead atoms. The highest BCUT2D eigenvalue weighted by Gasteiger charge is 2.22. The molecule has 1 saturated heterocycles. The molecule has 24 heavy (non-hydrogen) atoms. The molecule has 1 unspecified atom stereocenters. The number of piperidine rings is 1. The van der Waals surface area contributed by atoms with Crippen molar-refractivity contribution in [2.24, 2.45) is 0 Å². The van der Waals surface area contributed by atoms with E-state index in [1.165, 1.54) is 23.9 Å². The molecule has 0 radical (unpaired) electrons. The van der Waals surface area contributed by atoms with E-state index in [4.69, 9.17) is 9.47 Å². The fraction of sp³-hybridized carbons (Fsp3) is 0.444. The van der Waals surface area contributed by atoms with Gasteiger partial charge in [0.25, 0.3) is 5.56 Å². The predicted octanol–water partition coefficient (Wildman–Crippen LogP) is 2.07. The van der Waals surface area contributed by atoms with E-state index in [-0.39, 0.29) is 11.7 Å². The number of aromatic nitrogens is 2. The van der Waals surface area contributed by atoms with Crippen molar-refractivity contribution in [2.75, 3.05) is 24.6 Å². The average Bonchev–Trinajstić information content (AvgIpc) is 2.64. The monoisotopic (exact) mass is 327 g/mol. The highest BCUT2D eigenvalue weighted by Crippen LogP contribution is 2.31. The van der Waals surface area contributed by atoms with Gasteiger partial charge in [-0.05, 0) is 31.4 Å². The standard InChI is InChI=1S/C18H21N3O3/c22-18-10-14(20-8-4-1-5-9-20)11-19-21(18)12-15-13-23-16-6-2-3-7-17(16)24-15/h2-3,6-7,10-11,15H,1,4-5,8-9,12-13H2. The molecule has 0 spiro atoms. The largest absolute Gasteiger partial charge is 0.486 e. The van der Waals surface area contributed by atoms with Gasteiger partial charge in [0.05, 0.1) is 18.4 Å². The molecule has 2 aromatic rings. The van der Waals surface area contributed by atoms with Gasteiger partial charge in [-0.2, -0.15) is 5.10 Å². The Morgan fingerprint density at radius 1 is 1.12 bits per heavy atom. The van der Waals surface area contributed by atoms with Gasteiger partial charge in [-0.3, -0.25) is 4.79 Å². The lowest BCUT2D eigenvalue weighted by Gasteiger charge is -2.29. The number of rotatable bonds is 3. The lowest BCUT2D eigenvalue weighted by molar-refractivity contribution is 0.0747. The number of hydrogen-bond donors (Lipinski definition) is 0. The van der Waals surface area contributed by atoms with Gasteiger partial charge < -0.3 is 14.4 Å². The Bertz CT molecular complexity index is 768. The molecule has 3 heterocycles. The van der Waals surface area contributed by atoms with Gasteiger partial charge in [0, 0.05) is 19.2 Å². The maximum Gasteiger partial charge on any atom is 0.268 e. The van der Waals surface area contributed by atoms with Crippen molar-refractivity contribution in [2.45, 2.75) is 31.9 Å². The van der Waals surface area contributed by atoms with E-state index in [9.17, 15) is 4.79 Å². The maximum absolute atomic E-state index is 12.4. The van der Waals surface area contributed by atoms with Gasteiger partial charge in [0.2, 0.25) is 0 Å². The zero-order chi connectivity index (χ0) is 16.4. The van der Waals surface area contributed by atoms with Crippen LogP contribution in [0.4, 0.5) is 5.69 Å². The summed E-state index contributed by atoms with van der Waals surface area (Å²) in [5.41, 5.74) is 0.822. The van der Waals surface area contributed by atoms with E-state index in [0.717, 1.165) is 24.5 Å². The minimum absolute atomic E-state index is 0.0967. The first-order valence-electron chi connectivity index (χ1n) is 8.50. The van der Waals surface area contributed by atoms with Crippen LogP contribution in [0.1, 0.15) is 19.3 Å². The van der Waals surface area contributed by atoms with Crippen molar-refractivity contribution >= 4 is 5.69 Å². The molecule has 1 aromatic heterocycles. The van der Waals surface area contributed by atoms with Crippen LogP contribution < -0.4 is 19.9 Å². The van der Waals surface area contributed by atoms with E-state index in [1.54, 1.807) is 12.3 Å². The second kappa shape index (κ2) is 6.55.